The van der Waals surface area contributed by atoms with Crippen molar-refractivity contribution in [1.82, 2.24) is 14.7 Å². The van der Waals surface area contributed by atoms with Crippen molar-refractivity contribution < 1.29 is 14.4 Å². The highest BCUT2D eigenvalue weighted by Gasteiger charge is 2.38. The third-order valence-corrected chi connectivity index (χ3v) is 5.74. The van der Waals surface area contributed by atoms with E-state index in [-0.39, 0.29) is 24.3 Å². The maximum absolute atomic E-state index is 12.9. The lowest BCUT2D eigenvalue weighted by molar-refractivity contribution is -0.119. The smallest absolute Gasteiger partial charge is 0.256 e. The van der Waals surface area contributed by atoms with Crippen LogP contribution < -0.4 is 10.6 Å². The first-order valence-corrected chi connectivity index (χ1v) is 9.48. The quantitative estimate of drug-likeness (QED) is 0.825. The van der Waals surface area contributed by atoms with E-state index in [0.717, 1.165) is 6.42 Å². The van der Waals surface area contributed by atoms with Gasteiger partial charge in [-0.1, -0.05) is 11.6 Å². The van der Waals surface area contributed by atoms with E-state index in [0.29, 0.717) is 46.3 Å². The van der Waals surface area contributed by atoms with E-state index in [2.05, 4.69) is 15.7 Å². The molecule has 1 fully saturated rings. The molecule has 1 aromatic carbocycles. The van der Waals surface area contributed by atoms with Gasteiger partial charge in [0.1, 0.15) is 12.6 Å². The van der Waals surface area contributed by atoms with Crippen molar-refractivity contribution in [2.75, 3.05) is 17.2 Å². The highest BCUT2D eigenvalue weighted by atomic mass is 35.5. The van der Waals surface area contributed by atoms with Crippen LogP contribution in [0.3, 0.4) is 0 Å². The van der Waals surface area contributed by atoms with Crippen LogP contribution in [0.5, 0.6) is 0 Å². The Morgan fingerprint density at radius 1 is 1.36 bits per heavy atom. The first kappa shape index (κ1) is 18.5. The second-order valence-electron chi connectivity index (χ2n) is 7.10. The fourth-order valence-electron chi connectivity index (χ4n) is 3.73. The summed E-state index contributed by atoms with van der Waals surface area (Å²) in [5.74, 6) is -0.647. The van der Waals surface area contributed by atoms with Gasteiger partial charge in [0.05, 0.1) is 27.7 Å². The van der Waals surface area contributed by atoms with Crippen LogP contribution in [0.15, 0.2) is 18.2 Å². The molecule has 146 valence electrons. The monoisotopic (exact) mass is 401 g/mol. The Kier molecular flexibility index (Phi) is 4.58. The molecule has 8 nitrogen and oxygen atoms in total. The molecule has 1 unspecified atom stereocenters. The molecule has 1 aromatic heterocycles. The Morgan fingerprint density at radius 3 is 2.86 bits per heavy atom. The molecule has 2 N–H and O–H groups in total. The van der Waals surface area contributed by atoms with Crippen LogP contribution in [-0.2, 0) is 16.1 Å². The zero-order valence-corrected chi connectivity index (χ0v) is 16.3. The molecule has 0 bridgehead atoms. The van der Waals surface area contributed by atoms with Gasteiger partial charge < -0.3 is 15.5 Å². The summed E-state index contributed by atoms with van der Waals surface area (Å²) in [6, 6.07) is 4.48. The second kappa shape index (κ2) is 6.94. The Bertz CT molecular complexity index is 1000. The number of halogens is 1. The van der Waals surface area contributed by atoms with Gasteiger partial charge in [-0.3, -0.25) is 19.1 Å². The van der Waals surface area contributed by atoms with Crippen molar-refractivity contribution in [2.45, 2.75) is 39.3 Å². The van der Waals surface area contributed by atoms with E-state index < -0.39 is 6.04 Å². The number of nitrogens with one attached hydrogen (secondary N) is 2. The van der Waals surface area contributed by atoms with Gasteiger partial charge in [0, 0.05) is 12.2 Å². The number of fused-ring (bicyclic) bond motifs is 2. The summed E-state index contributed by atoms with van der Waals surface area (Å²) >= 11 is 6.12. The maximum Gasteiger partial charge on any atom is 0.256 e. The number of carbonyl (C=O) groups excluding carboxylic acids is 3. The zero-order chi connectivity index (χ0) is 20.0. The van der Waals surface area contributed by atoms with Crippen LogP contribution in [-0.4, -0.2) is 45.0 Å². The van der Waals surface area contributed by atoms with Gasteiger partial charge >= 0.3 is 0 Å². The van der Waals surface area contributed by atoms with E-state index in [1.54, 1.807) is 36.9 Å². The summed E-state index contributed by atoms with van der Waals surface area (Å²) in [7, 11) is 0. The molecular formula is C19H20ClN5O3. The molecule has 1 atom stereocenters. The van der Waals surface area contributed by atoms with Crippen molar-refractivity contribution in [3.8, 4) is 0 Å². The van der Waals surface area contributed by atoms with E-state index in [1.165, 1.54) is 4.68 Å². The van der Waals surface area contributed by atoms with Crippen LogP contribution in [0.4, 0.5) is 11.4 Å². The number of rotatable bonds is 3. The normalized spacial score (nSPS) is 18.4. The fourth-order valence-corrected chi connectivity index (χ4v) is 3.86. The van der Waals surface area contributed by atoms with Crippen molar-refractivity contribution in [2.24, 2.45) is 0 Å². The summed E-state index contributed by atoms with van der Waals surface area (Å²) in [6.07, 6.45) is 1.47. The van der Waals surface area contributed by atoms with Gasteiger partial charge in [0.2, 0.25) is 11.8 Å². The minimum atomic E-state index is -0.422. The summed E-state index contributed by atoms with van der Waals surface area (Å²) in [5.41, 5.74) is 2.71. The topological polar surface area (TPSA) is 96.3 Å². The number of anilines is 2. The molecule has 3 heterocycles. The third-order valence-electron chi connectivity index (χ3n) is 5.19. The van der Waals surface area contributed by atoms with Crippen molar-refractivity contribution in [3.63, 3.8) is 0 Å². The Labute approximate surface area is 166 Å². The Hall–Kier alpha value is -2.87. The Balaban J connectivity index is 1.55. The minimum Gasteiger partial charge on any atom is -0.327 e. The lowest BCUT2D eigenvalue weighted by Crippen LogP contribution is -2.40. The first-order valence-electron chi connectivity index (χ1n) is 9.10. The molecule has 1 saturated heterocycles. The molecule has 28 heavy (non-hydrogen) atoms. The van der Waals surface area contributed by atoms with E-state index >= 15 is 0 Å². The summed E-state index contributed by atoms with van der Waals surface area (Å²) in [4.78, 5) is 39.2. The van der Waals surface area contributed by atoms with Gasteiger partial charge in [-0.25, -0.2) is 0 Å². The lowest BCUT2D eigenvalue weighted by atomic mass is 10.1. The maximum atomic E-state index is 12.9. The highest BCUT2D eigenvalue weighted by molar-refractivity contribution is 6.31. The summed E-state index contributed by atoms with van der Waals surface area (Å²) < 4.78 is 1.54. The molecule has 0 aliphatic carbocycles. The van der Waals surface area contributed by atoms with E-state index in [1.807, 2.05) is 0 Å². The summed E-state index contributed by atoms with van der Waals surface area (Å²) in [6.45, 7) is 4.15. The number of aryl methyl sites for hydroxylation is 1. The molecule has 3 amide bonds. The average molecular weight is 402 g/mol. The molecule has 0 spiro atoms. The molecule has 4 rings (SSSR count). The third kappa shape index (κ3) is 3.13. The van der Waals surface area contributed by atoms with Gasteiger partial charge in [-0.05, 0) is 44.9 Å². The predicted octanol–water partition coefficient (Wildman–Crippen LogP) is 2.35. The number of nitrogens with zero attached hydrogens (tertiary/aromatic N) is 3. The molecule has 0 saturated carbocycles. The number of benzene rings is 1. The van der Waals surface area contributed by atoms with Crippen LogP contribution in [0.1, 0.15) is 34.6 Å². The zero-order valence-electron chi connectivity index (χ0n) is 15.6. The standard InChI is InChI=1S/C19H20ClN5O3/c1-10-17(20)11(2)25(23-10)9-16(26)21-12-5-6-14-13(8-12)19(28)24-7-3-4-15(24)18(27)22-14/h5-6,8,15H,3-4,7,9H2,1-2H3,(H,21,26)(H,22,27). The molecule has 9 heteroatoms. The van der Waals surface area contributed by atoms with Crippen LogP contribution in [0.25, 0.3) is 0 Å². The average Bonchev–Trinajstić information content (AvgIpc) is 3.21. The largest absolute Gasteiger partial charge is 0.327 e. The second-order valence-corrected chi connectivity index (χ2v) is 7.47. The molecule has 0 radical (unpaired) electrons. The van der Waals surface area contributed by atoms with Crippen LogP contribution in [0.2, 0.25) is 5.02 Å². The van der Waals surface area contributed by atoms with Crippen molar-refractivity contribution >= 4 is 40.7 Å². The van der Waals surface area contributed by atoms with E-state index in [4.69, 9.17) is 11.6 Å². The number of hydrogen-bond acceptors (Lipinski definition) is 4. The number of carbonyl (C=O) groups is 3. The predicted molar refractivity (Wildman–Crippen MR) is 104 cm³/mol. The van der Waals surface area contributed by atoms with Crippen LogP contribution >= 0.6 is 11.6 Å². The SMILES string of the molecule is Cc1nn(CC(=O)Nc2ccc3c(c2)C(=O)N2CCCC2C(=O)N3)c(C)c1Cl. The van der Waals surface area contributed by atoms with Crippen molar-refractivity contribution in [3.05, 3.63) is 40.2 Å². The lowest BCUT2D eigenvalue weighted by Gasteiger charge is -2.20. The first-order chi connectivity index (χ1) is 13.3. The number of hydrogen-bond donors (Lipinski definition) is 2. The van der Waals surface area contributed by atoms with Crippen molar-refractivity contribution in [1.29, 1.82) is 0 Å². The number of aromatic nitrogens is 2. The van der Waals surface area contributed by atoms with Gasteiger partial charge in [-0.2, -0.15) is 5.10 Å². The molecular weight excluding hydrogens is 382 g/mol. The molecule has 2 aliphatic heterocycles. The van der Waals surface area contributed by atoms with Gasteiger partial charge in [0.25, 0.3) is 5.91 Å². The fraction of sp³-hybridized carbons (Fsp3) is 0.368. The Morgan fingerprint density at radius 2 is 2.14 bits per heavy atom. The van der Waals surface area contributed by atoms with Gasteiger partial charge in [0.15, 0.2) is 0 Å². The summed E-state index contributed by atoms with van der Waals surface area (Å²) in [5, 5.41) is 10.4. The minimum absolute atomic E-state index is 0.00929. The molecule has 2 aliphatic rings. The van der Waals surface area contributed by atoms with E-state index in [9.17, 15) is 14.4 Å². The van der Waals surface area contributed by atoms with Crippen LogP contribution in [0, 0.1) is 13.8 Å². The molecule has 2 aromatic rings. The number of amides is 3. The van der Waals surface area contributed by atoms with Gasteiger partial charge in [-0.15, -0.1) is 0 Å². The highest BCUT2D eigenvalue weighted by Crippen LogP contribution is 2.30.